The molecule has 2 N–H and O–H groups in total. The zero-order chi connectivity index (χ0) is 19.7. The molecule has 0 heterocycles. The number of carbonyl (C=O) groups is 1. The van der Waals surface area contributed by atoms with Gasteiger partial charge in [0, 0.05) is 31.8 Å². The number of nitrogens with zero attached hydrogens (tertiary/aromatic N) is 1. The van der Waals surface area contributed by atoms with Gasteiger partial charge in [-0.15, -0.1) is 0 Å². The summed E-state index contributed by atoms with van der Waals surface area (Å²) in [7, 11) is 3.38. The fourth-order valence-electron chi connectivity index (χ4n) is 2.66. The van der Waals surface area contributed by atoms with Crippen molar-refractivity contribution in [2.75, 3.05) is 25.7 Å². The number of ether oxygens (including phenoxy) is 2. The number of methoxy groups -OCH3 is 1. The molecule has 0 saturated carbocycles. The summed E-state index contributed by atoms with van der Waals surface area (Å²) in [4.78, 5) is 13.4. The van der Waals surface area contributed by atoms with Gasteiger partial charge in [0.15, 0.2) is 0 Å². The number of aliphatic hydroxyl groups excluding tert-OH is 2. The van der Waals surface area contributed by atoms with Gasteiger partial charge in [0.25, 0.3) is 0 Å². The third-order valence-corrected chi connectivity index (χ3v) is 4.66. The van der Waals surface area contributed by atoms with Gasteiger partial charge in [-0.3, -0.25) is 4.79 Å². The van der Waals surface area contributed by atoms with E-state index in [9.17, 15) is 15.0 Å². The number of anilines is 1. The van der Waals surface area contributed by atoms with Gasteiger partial charge >= 0.3 is 5.97 Å². The van der Waals surface area contributed by atoms with Gasteiger partial charge in [-0.2, -0.15) is 0 Å². The predicted octanol–water partition coefficient (Wildman–Crippen LogP) is 2.63. The molecule has 0 fully saturated rings. The highest BCUT2D eigenvalue weighted by Crippen LogP contribution is 2.23. The molecule has 1 aromatic rings. The SMILES string of the molecule is COC(=O)CCC(C)(C)OCCC(C)N(C)c1cc(CO)cc(CO)c1. The summed E-state index contributed by atoms with van der Waals surface area (Å²) < 4.78 is 10.6. The van der Waals surface area contributed by atoms with Crippen LogP contribution < -0.4 is 4.90 Å². The van der Waals surface area contributed by atoms with Crippen molar-refractivity contribution in [3.63, 3.8) is 0 Å². The Bertz CT molecular complexity index is 551. The van der Waals surface area contributed by atoms with E-state index < -0.39 is 0 Å². The standard InChI is InChI=1S/C20H33NO5/c1-15(7-9-26-20(2,3)8-6-19(24)25-5)21(4)18-11-16(13-22)10-17(12-18)14-23/h10-12,15,22-23H,6-9,13-14H2,1-5H3. The smallest absolute Gasteiger partial charge is 0.305 e. The lowest BCUT2D eigenvalue weighted by molar-refractivity contribution is -0.142. The molecule has 26 heavy (non-hydrogen) atoms. The molecule has 1 atom stereocenters. The molecule has 0 aliphatic rings. The van der Waals surface area contributed by atoms with Gasteiger partial charge in [-0.05, 0) is 56.9 Å². The van der Waals surface area contributed by atoms with Crippen molar-refractivity contribution in [1.29, 1.82) is 0 Å². The van der Waals surface area contributed by atoms with E-state index in [-0.39, 0.29) is 30.8 Å². The average Bonchev–Trinajstić information content (AvgIpc) is 2.64. The van der Waals surface area contributed by atoms with E-state index >= 15 is 0 Å². The third-order valence-electron chi connectivity index (χ3n) is 4.66. The van der Waals surface area contributed by atoms with Crippen molar-refractivity contribution in [3.05, 3.63) is 29.3 Å². The number of benzene rings is 1. The van der Waals surface area contributed by atoms with Crippen LogP contribution in [0.25, 0.3) is 0 Å². The first-order chi connectivity index (χ1) is 12.2. The van der Waals surface area contributed by atoms with E-state index in [0.717, 1.165) is 23.2 Å². The molecule has 0 saturated heterocycles. The van der Waals surface area contributed by atoms with Crippen LogP contribution in [-0.4, -0.2) is 48.6 Å². The molecule has 0 aromatic heterocycles. The Morgan fingerprint density at radius 2 is 1.77 bits per heavy atom. The Kier molecular flexibility index (Phi) is 9.05. The molecule has 0 aliphatic heterocycles. The lowest BCUT2D eigenvalue weighted by Gasteiger charge is -2.30. The molecular formula is C20H33NO5. The Hall–Kier alpha value is -1.63. The van der Waals surface area contributed by atoms with Gasteiger partial charge in [-0.1, -0.05) is 6.07 Å². The molecule has 0 amide bonds. The van der Waals surface area contributed by atoms with Crippen molar-refractivity contribution >= 4 is 11.7 Å². The molecule has 6 nitrogen and oxygen atoms in total. The quantitative estimate of drug-likeness (QED) is 0.586. The van der Waals surface area contributed by atoms with Crippen LogP contribution in [0.1, 0.15) is 51.2 Å². The van der Waals surface area contributed by atoms with Crippen LogP contribution in [0, 0.1) is 0 Å². The number of hydrogen-bond donors (Lipinski definition) is 2. The van der Waals surface area contributed by atoms with Crippen LogP contribution in [-0.2, 0) is 27.5 Å². The molecule has 0 bridgehead atoms. The van der Waals surface area contributed by atoms with Crippen molar-refractivity contribution in [1.82, 2.24) is 0 Å². The van der Waals surface area contributed by atoms with Crippen molar-refractivity contribution in [2.45, 2.75) is 64.9 Å². The van der Waals surface area contributed by atoms with Gasteiger partial charge in [0.1, 0.15) is 0 Å². The first kappa shape index (κ1) is 22.4. The molecule has 0 radical (unpaired) electrons. The van der Waals surface area contributed by atoms with E-state index in [4.69, 9.17) is 4.74 Å². The van der Waals surface area contributed by atoms with E-state index in [1.807, 2.05) is 33.0 Å². The van der Waals surface area contributed by atoms with Crippen LogP contribution in [0.5, 0.6) is 0 Å². The highest BCUT2D eigenvalue weighted by atomic mass is 16.5. The van der Waals surface area contributed by atoms with Gasteiger partial charge in [-0.25, -0.2) is 0 Å². The Morgan fingerprint density at radius 3 is 2.27 bits per heavy atom. The average molecular weight is 367 g/mol. The Morgan fingerprint density at radius 1 is 1.19 bits per heavy atom. The van der Waals surface area contributed by atoms with Crippen molar-refractivity contribution < 1.29 is 24.5 Å². The summed E-state index contributed by atoms with van der Waals surface area (Å²) in [6.07, 6.45) is 1.77. The predicted molar refractivity (Wildman–Crippen MR) is 102 cm³/mol. The zero-order valence-electron chi connectivity index (χ0n) is 16.6. The second-order valence-corrected chi connectivity index (χ2v) is 7.26. The highest BCUT2D eigenvalue weighted by molar-refractivity contribution is 5.69. The topological polar surface area (TPSA) is 79.2 Å². The van der Waals surface area contributed by atoms with Crippen LogP contribution in [0.4, 0.5) is 5.69 Å². The summed E-state index contributed by atoms with van der Waals surface area (Å²) in [6, 6.07) is 5.87. The fourth-order valence-corrected chi connectivity index (χ4v) is 2.66. The molecule has 1 rings (SSSR count). The minimum Gasteiger partial charge on any atom is -0.469 e. The maximum atomic E-state index is 11.3. The highest BCUT2D eigenvalue weighted by Gasteiger charge is 2.21. The number of rotatable bonds is 11. The minimum atomic E-state index is -0.382. The maximum Gasteiger partial charge on any atom is 0.305 e. The number of aliphatic hydroxyl groups is 2. The maximum absolute atomic E-state index is 11.3. The van der Waals surface area contributed by atoms with Crippen LogP contribution in [0.15, 0.2) is 18.2 Å². The number of esters is 1. The van der Waals surface area contributed by atoms with Crippen LogP contribution in [0.3, 0.4) is 0 Å². The Balaban J connectivity index is 2.57. The molecule has 0 spiro atoms. The summed E-state index contributed by atoms with van der Waals surface area (Å²) in [5, 5.41) is 18.8. The largest absolute Gasteiger partial charge is 0.469 e. The minimum absolute atomic E-state index is 0.0550. The van der Waals surface area contributed by atoms with E-state index in [1.165, 1.54) is 7.11 Å². The lowest BCUT2D eigenvalue weighted by Crippen LogP contribution is -2.32. The molecule has 1 aromatic carbocycles. The molecular weight excluding hydrogens is 334 g/mol. The molecule has 6 heteroatoms. The Labute approximate surface area is 156 Å². The number of hydrogen-bond acceptors (Lipinski definition) is 6. The molecule has 0 aliphatic carbocycles. The first-order valence-electron chi connectivity index (χ1n) is 9.00. The van der Waals surface area contributed by atoms with Gasteiger partial charge in [0.05, 0.1) is 25.9 Å². The first-order valence-corrected chi connectivity index (χ1v) is 9.00. The lowest BCUT2D eigenvalue weighted by atomic mass is 10.0. The molecule has 148 valence electrons. The van der Waals surface area contributed by atoms with Crippen molar-refractivity contribution in [2.24, 2.45) is 0 Å². The van der Waals surface area contributed by atoms with E-state index in [0.29, 0.717) is 19.4 Å². The monoisotopic (exact) mass is 367 g/mol. The van der Waals surface area contributed by atoms with E-state index in [2.05, 4.69) is 16.6 Å². The third kappa shape index (κ3) is 7.32. The zero-order valence-corrected chi connectivity index (χ0v) is 16.6. The van der Waals surface area contributed by atoms with Crippen molar-refractivity contribution in [3.8, 4) is 0 Å². The van der Waals surface area contributed by atoms with Crippen LogP contribution >= 0.6 is 0 Å². The summed E-state index contributed by atoms with van der Waals surface area (Å²) in [6.45, 7) is 6.52. The van der Waals surface area contributed by atoms with Gasteiger partial charge in [0.2, 0.25) is 0 Å². The normalized spacial score (nSPS) is 12.7. The fraction of sp³-hybridized carbons (Fsp3) is 0.650. The summed E-state index contributed by atoms with van der Waals surface area (Å²) in [5.41, 5.74) is 2.14. The van der Waals surface area contributed by atoms with Gasteiger partial charge < -0.3 is 24.6 Å². The second kappa shape index (κ2) is 10.5. The summed E-state index contributed by atoms with van der Waals surface area (Å²) in [5.74, 6) is -0.224. The molecule has 1 unspecified atom stereocenters. The van der Waals surface area contributed by atoms with Crippen LogP contribution in [0.2, 0.25) is 0 Å². The summed E-state index contributed by atoms with van der Waals surface area (Å²) >= 11 is 0. The second-order valence-electron chi connectivity index (χ2n) is 7.26. The van der Waals surface area contributed by atoms with E-state index in [1.54, 1.807) is 6.07 Å². The number of carbonyl (C=O) groups excluding carboxylic acids is 1.